The number of nitrogens with two attached hydrogens (primary N) is 1. The van der Waals surface area contributed by atoms with Crippen molar-refractivity contribution in [3.63, 3.8) is 0 Å². The summed E-state index contributed by atoms with van der Waals surface area (Å²) in [5.74, 6) is 2.06. The van der Waals surface area contributed by atoms with Crippen LogP contribution in [0.1, 0.15) is 12.8 Å². The molecule has 3 rings (SSSR count). The summed E-state index contributed by atoms with van der Waals surface area (Å²) in [6.07, 6.45) is 2.92. The summed E-state index contributed by atoms with van der Waals surface area (Å²) in [6.45, 7) is 0. The molecule has 0 aromatic carbocycles. The van der Waals surface area contributed by atoms with Gasteiger partial charge in [0.05, 0.1) is 12.2 Å². The van der Waals surface area contributed by atoms with Crippen molar-refractivity contribution in [3.8, 4) is 0 Å². The van der Waals surface area contributed by atoms with Gasteiger partial charge in [0.2, 0.25) is 0 Å². The second-order valence-electron chi connectivity index (χ2n) is 4.07. The van der Waals surface area contributed by atoms with Crippen molar-refractivity contribution in [2.24, 2.45) is 28.6 Å². The van der Waals surface area contributed by atoms with Gasteiger partial charge in [-0.2, -0.15) is 0 Å². The molecule has 2 saturated heterocycles. The monoisotopic (exact) mass is 168 g/mol. The average molecular weight is 168 g/mol. The summed E-state index contributed by atoms with van der Waals surface area (Å²) < 4.78 is 5.70. The number of nitrogens with zero attached hydrogens (tertiary/aromatic N) is 1. The summed E-state index contributed by atoms with van der Waals surface area (Å²) >= 11 is 0. The van der Waals surface area contributed by atoms with E-state index in [2.05, 4.69) is 5.16 Å². The minimum Gasteiger partial charge on any atom is -0.409 e. The fraction of sp³-hybridized carbons (Fsp3) is 0.875. The Morgan fingerprint density at radius 3 is 2.83 bits per heavy atom. The molecule has 5 atom stereocenters. The molecule has 3 N–H and O–H groups in total. The van der Waals surface area contributed by atoms with E-state index in [-0.39, 0.29) is 12.0 Å². The van der Waals surface area contributed by atoms with E-state index < -0.39 is 0 Å². The number of amidine groups is 1. The highest BCUT2D eigenvalue weighted by molar-refractivity contribution is 5.83. The maximum Gasteiger partial charge on any atom is 0.144 e. The fourth-order valence-electron chi connectivity index (χ4n) is 2.82. The van der Waals surface area contributed by atoms with Crippen LogP contribution in [0, 0.1) is 17.8 Å². The van der Waals surface area contributed by atoms with Gasteiger partial charge in [0, 0.05) is 5.92 Å². The SMILES string of the molecule is N/C(=N\O)C1C[C@@H]2O[C@H]1[C@H]1C[C@H]12. The number of hydrogen-bond donors (Lipinski definition) is 2. The first-order chi connectivity index (χ1) is 5.81. The average Bonchev–Trinajstić information content (AvgIpc) is 2.71. The molecule has 0 amide bonds. The molecule has 0 radical (unpaired) electrons. The van der Waals surface area contributed by atoms with Crippen molar-refractivity contribution in [1.82, 2.24) is 0 Å². The van der Waals surface area contributed by atoms with Gasteiger partial charge < -0.3 is 15.7 Å². The Hall–Kier alpha value is -0.770. The van der Waals surface area contributed by atoms with E-state index >= 15 is 0 Å². The van der Waals surface area contributed by atoms with Crippen molar-refractivity contribution in [2.45, 2.75) is 25.0 Å². The molecule has 0 aromatic rings. The smallest absolute Gasteiger partial charge is 0.144 e. The Morgan fingerprint density at radius 1 is 1.42 bits per heavy atom. The second kappa shape index (κ2) is 1.93. The number of ether oxygens (including phenoxy) is 1. The van der Waals surface area contributed by atoms with Gasteiger partial charge in [-0.3, -0.25) is 0 Å². The molecular weight excluding hydrogens is 156 g/mol. The molecule has 4 heteroatoms. The van der Waals surface area contributed by atoms with Crippen molar-refractivity contribution in [2.75, 3.05) is 0 Å². The van der Waals surface area contributed by atoms with E-state index in [0.29, 0.717) is 17.9 Å². The number of rotatable bonds is 1. The van der Waals surface area contributed by atoms with Crippen LogP contribution < -0.4 is 5.73 Å². The van der Waals surface area contributed by atoms with E-state index in [4.69, 9.17) is 15.7 Å². The molecule has 2 heterocycles. The van der Waals surface area contributed by atoms with E-state index in [1.165, 1.54) is 6.42 Å². The van der Waals surface area contributed by atoms with Gasteiger partial charge >= 0.3 is 0 Å². The third-order valence-corrected chi connectivity index (χ3v) is 3.50. The Labute approximate surface area is 70.4 Å². The molecule has 3 aliphatic rings. The predicted octanol–water partition coefficient (Wildman–Crippen LogP) is 0.156. The van der Waals surface area contributed by atoms with Crippen LogP contribution in [0.25, 0.3) is 0 Å². The first-order valence-corrected chi connectivity index (χ1v) is 4.44. The van der Waals surface area contributed by atoms with Crippen molar-refractivity contribution in [1.29, 1.82) is 0 Å². The highest BCUT2D eigenvalue weighted by Gasteiger charge is 2.63. The van der Waals surface area contributed by atoms with Gasteiger partial charge in [0.15, 0.2) is 0 Å². The summed E-state index contributed by atoms with van der Waals surface area (Å²) in [6, 6.07) is 0. The largest absolute Gasteiger partial charge is 0.409 e. The number of oxime groups is 1. The zero-order valence-corrected chi connectivity index (χ0v) is 6.68. The van der Waals surface area contributed by atoms with Crippen molar-refractivity contribution >= 4 is 5.84 Å². The molecule has 1 unspecified atom stereocenters. The molecule has 4 nitrogen and oxygen atoms in total. The zero-order chi connectivity index (χ0) is 8.29. The maximum atomic E-state index is 8.53. The highest BCUT2D eigenvalue weighted by atomic mass is 16.5. The van der Waals surface area contributed by atoms with Crippen LogP contribution in [0.15, 0.2) is 5.16 Å². The van der Waals surface area contributed by atoms with Crippen LogP contribution in [-0.2, 0) is 4.74 Å². The first-order valence-electron chi connectivity index (χ1n) is 4.44. The third-order valence-electron chi connectivity index (χ3n) is 3.50. The molecule has 0 spiro atoms. The second-order valence-corrected chi connectivity index (χ2v) is 4.07. The Balaban J connectivity index is 1.84. The highest BCUT2D eigenvalue weighted by Crippen LogP contribution is 2.60. The lowest BCUT2D eigenvalue weighted by molar-refractivity contribution is 0.0672. The summed E-state index contributed by atoms with van der Waals surface area (Å²) in [4.78, 5) is 0. The first kappa shape index (κ1) is 6.71. The van der Waals surface area contributed by atoms with E-state index in [1.54, 1.807) is 0 Å². The van der Waals surface area contributed by atoms with Crippen LogP contribution in [-0.4, -0.2) is 23.3 Å². The molecule has 66 valence electrons. The van der Waals surface area contributed by atoms with Crippen LogP contribution in [0.5, 0.6) is 0 Å². The van der Waals surface area contributed by atoms with Crippen LogP contribution in [0.2, 0.25) is 0 Å². The summed E-state index contributed by atoms with van der Waals surface area (Å²) in [5, 5.41) is 11.6. The number of fused-ring (bicyclic) bond motifs is 5. The maximum absolute atomic E-state index is 8.53. The van der Waals surface area contributed by atoms with Crippen molar-refractivity contribution in [3.05, 3.63) is 0 Å². The zero-order valence-electron chi connectivity index (χ0n) is 6.68. The summed E-state index contributed by atoms with van der Waals surface area (Å²) in [7, 11) is 0. The quantitative estimate of drug-likeness (QED) is 0.253. The fourth-order valence-corrected chi connectivity index (χ4v) is 2.82. The van der Waals surface area contributed by atoms with Gasteiger partial charge in [-0.1, -0.05) is 5.16 Å². The summed E-state index contributed by atoms with van der Waals surface area (Å²) in [5.41, 5.74) is 5.57. The van der Waals surface area contributed by atoms with E-state index in [1.807, 2.05) is 0 Å². The lowest BCUT2D eigenvalue weighted by Gasteiger charge is -2.16. The predicted molar refractivity (Wildman–Crippen MR) is 41.8 cm³/mol. The molecule has 3 fully saturated rings. The molecule has 0 aromatic heterocycles. The van der Waals surface area contributed by atoms with Gasteiger partial charge in [-0.05, 0) is 24.7 Å². The Bertz CT molecular complexity index is 253. The normalized spacial score (nSPS) is 55.7. The number of hydrogen-bond acceptors (Lipinski definition) is 3. The van der Waals surface area contributed by atoms with Gasteiger partial charge in [0.1, 0.15) is 5.84 Å². The molecular formula is C8H12N2O2. The van der Waals surface area contributed by atoms with Crippen LogP contribution in [0.3, 0.4) is 0 Å². The lowest BCUT2D eigenvalue weighted by atomic mass is 9.88. The van der Waals surface area contributed by atoms with Gasteiger partial charge in [-0.15, -0.1) is 0 Å². The molecule has 1 aliphatic carbocycles. The van der Waals surface area contributed by atoms with E-state index in [9.17, 15) is 0 Å². The molecule has 1 saturated carbocycles. The van der Waals surface area contributed by atoms with Gasteiger partial charge in [0.25, 0.3) is 0 Å². The topological polar surface area (TPSA) is 67.8 Å². The van der Waals surface area contributed by atoms with Crippen molar-refractivity contribution < 1.29 is 9.94 Å². The lowest BCUT2D eigenvalue weighted by Crippen LogP contribution is -2.32. The Morgan fingerprint density at radius 2 is 2.25 bits per heavy atom. The van der Waals surface area contributed by atoms with Crippen LogP contribution in [0.4, 0.5) is 0 Å². The standard InChI is InChI=1S/C8H12N2O2/c9-8(10-11)5-2-6-3-1-4(3)7(5)12-6/h3-7,11H,1-2H2,(H2,9,10)/t3-,4+,5?,6+,7+/m1/s1. The molecule has 12 heavy (non-hydrogen) atoms. The minimum absolute atomic E-state index is 0.184. The van der Waals surface area contributed by atoms with Crippen LogP contribution >= 0.6 is 0 Å². The van der Waals surface area contributed by atoms with E-state index in [0.717, 1.165) is 12.3 Å². The third kappa shape index (κ3) is 0.641. The Kier molecular flexibility index (Phi) is 1.08. The minimum atomic E-state index is 0.184. The molecule has 2 bridgehead atoms. The molecule has 2 aliphatic heterocycles. The van der Waals surface area contributed by atoms with Gasteiger partial charge in [-0.25, -0.2) is 0 Å².